The summed E-state index contributed by atoms with van der Waals surface area (Å²) < 4.78 is -0.326. The molecule has 5 heteroatoms. The van der Waals surface area contributed by atoms with Crippen LogP contribution in [0.3, 0.4) is 0 Å². The van der Waals surface area contributed by atoms with Crippen molar-refractivity contribution in [2.45, 2.75) is 32.1 Å². The molecule has 74 valence electrons. The van der Waals surface area contributed by atoms with Crippen molar-refractivity contribution in [3.63, 3.8) is 0 Å². The molecule has 0 aliphatic heterocycles. The summed E-state index contributed by atoms with van der Waals surface area (Å²) in [6.45, 7) is 5.67. The molecule has 1 unspecified atom stereocenters. The average Bonchev–Trinajstić information content (AvgIpc) is 1.82. The molecule has 3 nitrogen and oxygen atoms in total. The van der Waals surface area contributed by atoms with Gasteiger partial charge >= 0.3 is 0 Å². The second-order valence-corrected chi connectivity index (χ2v) is 9.91. The third kappa shape index (κ3) is 1.96. The molecule has 0 amide bonds. The molecule has 0 saturated heterocycles. The molecule has 0 bridgehead atoms. The van der Waals surface area contributed by atoms with Crippen LogP contribution >= 0.6 is 15.9 Å². The molecular weight excluding hydrogens is 252 g/mol. The van der Waals surface area contributed by atoms with Gasteiger partial charge in [0, 0.05) is 4.45 Å². The number of hydrogen-bond acceptors (Lipinski definition) is 3. The maximum atomic E-state index is 11.4. The summed E-state index contributed by atoms with van der Waals surface area (Å²) in [4.78, 5) is 34.1. The third-order valence-corrected chi connectivity index (χ3v) is 8.85. The van der Waals surface area contributed by atoms with E-state index in [4.69, 9.17) is 0 Å². The summed E-state index contributed by atoms with van der Waals surface area (Å²) in [7, 11) is -3.10. The fourth-order valence-corrected chi connectivity index (χ4v) is 7.65. The van der Waals surface area contributed by atoms with Gasteiger partial charge in [-0.3, -0.25) is 0 Å². The monoisotopic (exact) mass is 264 g/mol. The molecule has 0 rings (SSSR count). The van der Waals surface area contributed by atoms with E-state index in [2.05, 4.69) is 15.9 Å². The molecule has 0 aromatic carbocycles. The van der Waals surface area contributed by atoms with Crippen molar-refractivity contribution in [1.82, 2.24) is 0 Å². The Balaban J connectivity index is 5.46. The van der Waals surface area contributed by atoms with E-state index in [1.807, 2.05) is 0 Å². The highest BCUT2D eigenvalue weighted by Crippen LogP contribution is 2.19. The predicted molar refractivity (Wildman–Crippen MR) is 56.2 cm³/mol. The summed E-state index contributed by atoms with van der Waals surface area (Å²) >= 11 is 3.20. The SMILES string of the molecule is CC(=O)[Si](C(C)=O)(C(C)=O)C(C)Br. The second kappa shape index (κ2) is 4.28. The highest BCUT2D eigenvalue weighted by atomic mass is 79.9. The smallest absolute Gasteiger partial charge is 0.290 e. The van der Waals surface area contributed by atoms with Gasteiger partial charge in [-0.15, -0.1) is 0 Å². The van der Waals surface area contributed by atoms with Gasteiger partial charge in [-0.05, 0) is 20.8 Å². The number of rotatable bonds is 4. The molecule has 0 heterocycles. The topological polar surface area (TPSA) is 51.2 Å². The van der Waals surface area contributed by atoms with Crippen LogP contribution in [0.15, 0.2) is 0 Å². The van der Waals surface area contributed by atoms with E-state index in [9.17, 15) is 14.4 Å². The summed E-state index contributed by atoms with van der Waals surface area (Å²) in [5, 5.41) is -0.800. The molecule has 0 spiro atoms. The van der Waals surface area contributed by atoms with Crippen LogP contribution in [0.2, 0.25) is 0 Å². The van der Waals surface area contributed by atoms with Gasteiger partial charge in [-0.2, -0.15) is 0 Å². The van der Waals surface area contributed by atoms with Gasteiger partial charge in [0.1, 0.15) is 16.2 Å². The van der Waals surface area contributed by atoms with Gasteiger partial charge in [-0.1, -0.05) is 22.9 Å². The maximum absolute atomic E-state index is 11.4. The van der Waals surface area contributed by atoms with E-state index in [1.165, 1.54) is 20.8 Å². The second-order valence-electron chi connectivity index (χ2n) is 3.09. The van der Waals surface area contributed by atoms with Crippen molar-refractivity contribution in [3.05, 3.63) is 0 Å². The van der Waals surface area contributed by atoms with Crippen LogP contribution in [0.1, 0.15) is 27.7 Å². The van der Waals surface area contributed by atoms with Gasteiger partial charge in [0.05, 0.1) is 0 Å². The summed E-state index contributed by atoms with van der Waals surface area (Å²) in [5.74, 6) is 0. The predicted octanol–water partition coefficient (Wildman–Crippen LogP) is 1.14. The van der Waals surface area contributed by atoms with Crippen molar-refractivity contribution >= 4 is 40.2 Å². The molecule has 0 N–H and O–H groups in total. The lowest BCUT2D eigenvalue weighted by atomic mass is 10.8. The average molecular weight is 265 g/mol. The number of alkyl halides is 1. The molecule has 0 aliphatic carbocycles. The van der Waals surface area contributed by atoms with Crippen molar-refractivity contribution in [2.24, 2.45) is 0 Å². The Morgan fingerprint density at radius 1 is 1.00 bits per heavy atom. The van der Waals surface area contributed by atoms with E-state index in [1.54, 1.807) is 6.92 Å². The van der Waals surface area contributed by atoms with Crippen LogP contribution in [0.5, 0.6) is 0 Å². The number of carbonyl (C=O) groups is 3. The van der Waals surface area contributed by atoms with Crippen LogP contribution in [0, 0.1) is 0 Å². The fourth-order valence-electron chi connectivity index (χ4n) is 1.58. The molecule has 0 radical (unpaired) electrons. The zero-order valence-electron chi connectivity index (χ0n) is 8.18. The van der Waals surface area contributed by atoms with E-state index >= 15 is 0 Å². The van der Waals surface area contributed by atoms with Crippen LogP contribution in [0.25, 0.3) is 0 Å². The van der Waals surface area contributed by atoms with E-state index in [0.29, 0.717) is 0 Å². The van der Waals surface area contributed by atoms with Crippen molar-refractivity contribution in [3.8, 4) is 0 Å². The number of halogens is 1. The molecule has 13 heavy (non-hydrogen) atoms. The van der Waals surface area contributed by atoms with Crippen LogP contribution < -0.4 is 0 Å². The molecule has 0 aromatic heterocycles. The first-order valence-corrected chi connectivity index (χ1v) is 6.94. The van der Waals surface area contributed by atoms with Gasteiger partial charge < -0.3 is 14.4 Å². The number of hydrogen-bond donors (Lipinski definition) is 0. The van der Waals surface area contributed by atoms with E-state index in [-0.39, 0.29) is 20.7 Å². The first kappa shape index (κ1) is 12.7. The van der Waals surface area contributed by atoms with Crippen molar-refractivity contribution < 1.29 is 14.4 Å². The first-order chi connectivity index (χ1) is 5.77. The summed E-state index contributed by atoms with van der Waals surface area (Å²) in [5.41, 5.74) is 0. The Morgan fingerprint density at radius 3 is 1.23 bits per heavy atom. The van der Waals surface area contributed by atoms with Crippen molar-refractivity contribution in [1.29, 1.82) is 0 Å². The first-order valence-electron chi connectivity index (χ1n) is 3.95. The number of carbonyl (C=O) groups excluding carboxylic acids is 3. The lowest BCUT2D eigenvalue weighted by molar-refractivity contribution is -0.117. The quantitative estimate of drug-likeness (QED) is 0.566. The fraction of sp³-hybridized carbons (Fsp3) is 0.625. The normalized spacial score (nSPS) is 13.6. The zero-order chi connectivity index (χ0) is 10.8. The third-order valence-electron chi connectivity index (χ3n) is 2.26. The van der Waals surface area contributed by atoms with Crippen LogP contribution in [-0.4, -0.2) is 28.7 Å². The Kier molecular flexibility index (Phi) is 4.18. The standard InChI is InChI=1S/C8H13BrO3Si/c1-5(9)13(6(2)10,7(3)11)8(4)12/h5H,1-4H3. The highest BCUT2D eigenvalue weighted by molar-refractivity contribution is 9.10. The van der Waals surface area contributed by atoms with Gasteiger partial charge in [0.15, 0.2) is 0 Å². The minimum atomic E-state index is -3.10. The molecular formula is C8H13BrO3Si. The van der Waals surface area contributed by atoms with Gasteiger partial charge in [-0.25, -0.2) is 0 Å². The van der Waals surface area contributed by atoms with Gasteiger partial charge in [0.2, 0.25) is 0 Å². The molecule has 1 atom stereocenters. The molecule has 0 aliphatic rings. The largest absolute Gasteiger partial charge is 0.304 e. The summed E-state index contributed by atoms with van der Waals surface area (Å²) in [6.07, 6.45) is 0. The molecule has 0 fully saturated rings. The molecule has 0 saturated carbocycles. The molecule has 0 aromatic rings. The Hall–Kier alpha value is -0.293. The van der Waals surface area contributed by atoms with E-state index in [0.717, 1.165) is 0 Å². The van der Waals surface area contributed by atoms with Crippen molar-refractivity contribution in [2.75, 3.05) is 0 Å². The van der Waals surface area contributed by atoms with Gasteiger partial charge in [0.25, 0.3) is 8.07 Å². The minimum absolute atomic E-state index is 0.267. The highest BCUT2D eigenvalue weighted by Gasteiger charge is 2.53. The Labute approximate surface area is 87.0 Å². The zero-order valence-corrected chi connectivity index (χ0v) is 10.8. The lowest BCUT2D eigenvalue weighted by Crippen LogP contribution is -2.62. The Morgan fingerprint density at radius 2 is 1.23 bits per heavy atom. The van der Waals surface area contributed by atoms with Crippen LogP contribution in [0.4, 0.5) is 0 Å². The lowest BCUT2D eigenvalue weighted by Gasteiger charge is -2.24. The maximum Gasteiger partial charge on any atom is 0.290 e. The van der Waals surface area contributed by atoms with Crippen LogP contribution in [-0.2, 0) is 14.4 Å². The Bertz CT molecular complexity index is 224. The van der Waals surface area contributed by atoms with E-state index < -0.39 is 8.07 Å². The summed E-state index contributed by atoms with van der Waals surface area (Å²) in [6, 6.07) is 0. The minimum Gasteiger partial charge on any atom is -0.304 e.